The standard InChI is InChI=1S/C18H21FN2OS/c1-20(12-16-6-4-10-23-16)18(22)13-21(15-8-9-15)11-14-5-2-3-7-17(14)19/h2-7,10,15H,8-9,11-13H2,1H3. The first kappa shape index (κ1) is 16.1. The Labute approximate surface area is 140 Å². The minimum atomic E-state index is -0.197. The van der Waals surface area contributed by atoms with E-state index < -0.39 is 0 Å². The van der Waals surface area contributed by atoms with Gasteiger partial charge in [0.15, 0.2) is 0 Å². The SMILES string of the molecule is CN(Cc1cccs1)C(=O)CN(Cc1ccccc1F)C1CC1. The van der Waals surface area contributed by atoms with Crippen molar-refractivity contribution < 1.29 is 9.18 Å². The summed E-state index contributed by atoms with van der Waals surface area (Å²) in [6.45, 7) is 1.48. The topological polar surface area (TPSA) is 23.6 Å². The lowest BCUT2D eigenvalue weighted by Gasteiger charge is -2.25. The van der Waals surface area contributed by atoms with Gasteiger partial charge in [-0.15, -0.1) is 11.3 Å². The van der Waals surface area contributed by atoms with Crippen LogP contribution in [0.5, 0.6) is 0 Å². The zero-order valence-electron chi connectivity index (χ0n) is 13.2. The molecule has 0 N–H and O–H groups in total. The molecule has 0 aliphatic heterocycles. The van der Waals surface area contributed by atoms with E-state index in [1.807, 2.05) is 30.6 Å². The van der Waals surface area contributed by atoms with E-state index in [0.29, 0.717) is 31.2 Å². The number of hydrogen-bond acceptors (Lipinski definition) is 3. The summed E-state index contributed by atoms with van der Waals surface area (Å²) >= 11 is 1.65. The van der Waals surface area contributed by atoms with Crippen LogP contribution in [0.1, 0.15) is 23.3 Å². The van der Waals surface area contributed by atoms with Gasteiger partial charge in [-0.1, -0.05) is 24.3 Å². The number of amides is 1. The molecule has 1 aromatic carbocycles. The zero-order valence-corrected chi connectivity index (χ0v) is 14.1. The third kappa shape index (κ3) is 4.39. The molecule has 3 rings (SSSR count). The summed E-state index contributed by atoms with van der Waals surface area (Å²) < 4.78 is 13.9. The third-order valence-corrected chi connectivity index (χ3v) is 4.99. The van der Waals surface area contributed by atoms with Crippen molar-refractivity contribution in [1.82, 2.24) is 9.80 Å². The molecule has 1 heterocycles. The summed E-state index contributed by atoms with van der Waals surface area (Å²) in [5, 5.41) is 2.02. The second-order valence-corrected chi connectivity index (χ2v) is 7.09. The quantitative estimate of drug-likeness (QED) is 0.775. The zero-order chi connectivity index (χ0) is 16.2. The maximum Gasteiger partial charge on any atom is 0.236 e. The molecule has 0 radical (unpaired) electrons. The summed E-state index contributed by atoms with van der Waals surface area (Å²) in [4.78, 5) is 17.5. The molecular weight excluding hydrogens is 311 g/mol. The second kappa shape index (κ2) is 7.23. The highest BCUT2D eigenvalue weighted by atomic mass is 32.1. The van der Waals surface area contributed by atoms with E-state index >= 15 is 0 Å². The van der Waals surface area contributed by atoms with Gasteiger partial charge in [-0.25, -0.2) is 4.39 Å². The fraction of sp³-hybridized carbons (Fsp3) is 0.389. The fourth-order valence-corrected chi connectivity index (χ4v) is 3.38. The second-order valence-electron chi connectivity index (χ2n) is 6.06. The average molecular weight is 332 g/mol. The van der Waals surface area contributed by atoms with E-state index in [4.69, 9.17) is 0 Å². The molecule has 0 saturated heterocycles. The molecule has 0 unspecified atom stereocenters. The van der Waals surface area contributed by atoms with Crippen molar-refractivity contribution in [2.45, 2.75) is 32.0 Å². The van der Waals surface area contributed by atoms with Gasteiger partial charge in [-0.2, -0.15) is 0 Å². The molecule has 0 spiro atoms. The van der Waals surface area contributed by atoms with Gasteiger partial charge in [-0.05, 0) is 30.4 Å². The van der Waals surface area contributed by atoms with E-state index in [1.54, 1.807) is 28.4 Å². The van der Waals surface area contributed by atoms with Crippen LogP contribution in [0.2, 0.25) is 0 Å². The lowest BCUT2D eigenvalue weighted by molar-refractivity contribution is -0.131. The van der Waals surface area contributed by atoms with Gasteiger partial charge in [0, 0.05) is 30.1 Å². The van der Waals surface area contributed by atoms with E-state index in [9.17, 15) is 9.18 Å². The van der Waals surface area contributed by atoms with Gasteiger partial charge in [0.25, 0.3) is 0 Å². The normalized spacial score (nSPS) is 14.2. The van der Waals surface area contributed by atoms with E-state index in [1.165, 1.54) is 10.9 Å². The van der Waals surface area contributed by atoms with Crippen molar-refractivity contribution in [2.24, 2.45) is 0 Å². The van der Waals surface area contributed by atoms with E-state index in [0.717, 1.165) is 12.8 Å². The first-order chi connectivity index (χ1) is 11.1. The molecule has 1 saturated carbocycles. The Hall–Kier alpha value is -1.72. The number of thiophene rings is 1. The predicted molar refractivity (Wildman–Crippen MR) is 90.6 cm³/mol. The molecule has 1 aliphatic carbocycles. The molecule has 3 nitrogen and oxygen atoms in total. The predicted octanol–water partition coefficient (Wildman–Crippen LogP) is 3.51. The summed E-state index contributed by atoms with van der Waals surface area (Å²) in [7, 11) is 1.83. The van der Waals surface area contributed by atoms with Crippen LogP contribution in [0.3, 0.4) is 0 Å². The Bertz CT molecular complexity index is 655. The number of hydrogen-bond donors (Lipinski definition) is 0. The molecule has 122 valence electrons. The molecule has 1 aliphatic rings. The molecule has 1 fully saturated rings. The highest BCUT2D eigenvalue weighted by Crippen LogP contribution is 2.28. The van der Waals surface area contributed by atoms with E-state index in [-0.39, 0.29) is 11.7 Å². The van der Waals surface area contributed by atoms with Gasteiger partial charge in [0.2, 0.25) is 5.91 Å². The molecule has 1 amide bonds. The van der Waals surface area contributed by atoms with Crippen molar-refractivity contribution in [1.29, 1.82) is 0 Å². The van der Waals surface area contributed by atoms with Crippen molar-refractivity contribution >= 4 is 17.2 Å². The van der Waals surface area contributed by atoms with Crippen molar-refractivity contribution in [3.05, 3.63) is 58.0 Å². The average Bonchev–Trinajstić information content (AvgIpc) is 3.26. The number of likely N-dealkylation sites (N-methyl/N-ethyl adjacent to an activating group) is 1. The maximum absolute atomic E-state index is 13.9. The number of rotatable bonds is 7. The minimum absolute atomic E-state index is 0.0849. The summed E-state index contributed by atoms with van der Waals surface area (Å²) in [6.07, 6.45) is 2.19. The van der Waals surface area contributed by atoms with Crippen molar-refractivity contribution in [2.75, 3.05) is 13.6 Å². The van der Waals surface area contributed by atoms with Crippen LogP contribution in [0, 0.1) is 5.82 Å². The summed E-state index contributed by atoms with van der Waals surface area (Å²) in [6, 6.07) is 11.2. The van der Waals surface area contributed by atoms with E-state index in [2.05, 4.69) is 4.90 Å². The number of carbonyl (C=O) groups excluding carboxylic acids is 1. The number of benzene rings is 1. The van der Waals surface area contributed by atoms with Gasteiger partial charge in [-0.3, -0.25) is 9.69 Å². The van der Waals surface area contributed by atoms with Crippen molar-refractivity contribution in [3.63, 3.8) is 0 Å². The Morgan fingerprint density at radius 1 is 1.22 bits per heavy atom. The molecule has 5 heteroatoms. The Morgan fingerprint density at radius 3 is 2.65 bits per heavy atom. The van der Waals surface area contributed by atoms with Crippen LogP contribution in [-0.2, 0) is 17.9 Å². The Morgan fingerprint density at radius 2 is 2.00 bits per heavy atom. The maximum atomic E-state index is 13.9. The van der Waals surface area contributed by atoms with Crippen LogP contribution in [0.25, 0.3) is 0 Å². The van der Waals surface area contributed by atoms with Gasteiger partial charge >= 0.3 is 0 Å². The molecule has 0 atom stereocenters. The Balaban J connectivity index is 1.61. The lowest BCUT2D eigenvalue weighted by atomic mass is 10.2. The molecule has 2 aromatic rings. The summed E-state index contributed by atoms with van der Waals surface area (Å²) in [5.41, 5.74) is 0.660. The van der Waals surface area contributed by atoms with Crippen LogP contribution >= 0.6 is 11.3 Å². The van der Waals surface area contributed by atoms with Crippen LogP contribution in [-0.4, -0.2) is 35.3 Å². The van der Waals surface area contributed by atoms with Crippen LogP contribution in [0.4, 0.5) is 4.39 Å². The van der Waals surface area contributed by atoms with Gasteiger partial charge < -0.3 is 4.90 Å². The third-order valence-electron chi connectivity index (χ3n) is 4.13. The highest BCUT2D eigenvalue weighted by Gasteiger charge is 2.31. The largest absolute Gasteiger partial charge is 0.340 e. The molecule has 0 bridgehead atoms. The monoisotopic (exact) mass is 332 g/mol. The fourth-order valence-electron chi connectivity index (χ4n) is 2.62. The summed E-state index contributed by atoms with van der Waals surface area (Å²) in [5.74, 6) is -0.112. The van der Waals surface area contributed by atoms with Gasteiger partial charge in [0.05, 0.1) is 13.1 Å². The molecule has 23 heavy (non-hydrogen) atoms. The highest BCUT2D eigenvalue weighted by molar-refractivity contribution is 7.09. The number of carbonyl (C=O) groups is 1. The van der Waals surface area contributed by atoms with Crippen molar-refractivity contribution in [3.8, 4) is 0 Å². The Kier molecular flexibility index (Phi) is 5.08. The van der Waals surface area contributed by atoms with Gasteiger partial charge in [0.1, 0.15) is 5.82 Å². The molecule has 1 aromatic heterocycles. The van der Waals surface area contributed by atoms with Crippen LogP contribution < -0.4 is 0 Å². The smallest absolute Gasteiger partial charge is 0.236 e. The number of halogens is 1. The first-order valence-electron chi connectivity index (χ1n) is 7.87. The molecular formula is C18H21FN2OS. The first-order valence-corrected chi connectivity index (χ1v) is 8.75. The number of nitrogens with zero attached hydrogens (tertiary/aromatic N) is 2. The lowest BCUT2D eigenvalue weighted by Crippen LogP contribution is -2.39. The van der Waals surface area contributed by atoms with Crippen LogP contribution in [0.15, 0.2) is 41.8 Å². The minimum Gasteiger partial charge on any atom is -0.340 e.